The molecule has 2 atom stereocenters. The highest BCUT2D eigenvalue weighted by molar-refractivity contribution is 5.83. The van der Waals surface area contributed by atoms with E-state index in [1.807, 2.05) is 60.0 Å². The van der Waals surface area contributed by atoms with Crippen molar-refractivity contribution in [2.75, 3.05) is 6.54 Å². The van der Waals surface area contributed by atoms with Gasteiger partial charge >= 0.3 is 0 Å². The van der Waals surface area contributed by atoms with Crippen LogP contribution in [0.4, 0.5) is 0 Å². The van der Waals surface area contributed by atoms with Gasteiger partial charge in [-0.25, -0.2) is 0 Å². The highest BCUT2D eigenvalue weighted by Crippen LogP contribution is 2.26. The summed E-state index contributed by atoms with van der Waals surface area (Å²) in [6.45, 7) is 2.43. The summed E-state index contributed by atoms with van der Waals surface area (Å²) in [7, 11) is 0. The van der Waals surface area contributed by atoms with E-state index >= 15 is 0 Å². The Hall–Kier alpha value is -3.02. The number of hydrogen-bond acceptors (Lipinski definition) is 4. The summed E-state index contributed by atoms with van der Waals surface area (Å²) >= 11 is 0. The topological polar surface area (TPSA) is 76.4 Å². The minimum absolute atomic E-state index is 0.00228. The van der Waals surface area contributed by atoms with Crippen molar-refractivity contribution in [3.8, 4) is 0 Å². The molecule has 0 saturated heterocycles. The van der Waals surface area contributed by atoms with E-state index in [0.29, 0.717) is 18.7 Å². The van der Waals surface area contributed by atoms with E-state index in [0.717, 1.165) is 42.7 Å². The van der Waals surface area contributed by atoms with Crippen molar-refractivity contribution in [2.24, 2.45) is 5.92 Å². The number of nitrogens with zero attached hydrogens (tertiary/aromatic N) is 3. The molecule has 3 aromatic rings. The van der Waals surface area contributed by atoms with Crippen LogP contribution >= 0.6 is 0 Å². The van der Waals surface area contributed by atoms with Crippen LogP contribution in [0.25, 0.3) is 5.65 Å². The number of Topliss-reactive ketones (excluding diaryl/α,β-unsaturated/α-hetero) is 1. The molecular weight excluding hydrogens is 364 g/mol. The fraction of sp³-hybridized carbons (Fsp3) is 0.391. The van der Waals surface area contributed by atoms with Crippen LogP contribution in [-0.2, 0) is 22.4 Å². The van der Waals surface area contributed by atoms with Crippen molar-refractivity contribution < 1.29 is 9.59 Å². The summed E-state index contributed by atoms with van der Waals surface area (Å²) < 4.78 is 1.93. The van der Waals surface area contributed by atoms with E-state index in [4.69, 9.17) is 0 Å². The van der Waals surface area contributed by atoms with Gasteiger partial charge in [-0.2, -0.15) is 0 Å². The third-order valence-electron chi connectivity index (χ3n) is 5.82. The first-order chi connectivity index (χ1) is 14.1. The molecule has 4 rings (SSSR count). The lowest BCUT2D eigenvalue weighted by molar-refractivity contribution is -0.122. The van der Waals surface area contributed by atoms with Crippen LogP contribution in [0.5, 0.6) is 0 Å². The molecule has 0 bridgehead atoms. The zero-order chi connectivity index (χ0) is 20.2. The maximum Gasteiger partial charge on any atom is 0.227 e. The lowest BCUT2D eigenvalue weighted by Crippen LogP contribution is -2.30. The Balaban J connectivity index is 1.30. The standard InChI is InChI=1S/C23H26N4O2/c1-16(18-10-8-17(9-11-18)15-19-5-4-6-20(19)28)23(29)24-13-12-22-26-25-21-7-2-3-14-27(21)22/h2-3,7-11,14,16,19H,4-6,12-13,15H2,1H3,(H,24,29). The van der Waals surface area contributed by atoms with Gasteiger partial charge in [0.1, 0.15) is 11.6 Å². The van der Waals surface area contributed by atoms with Crippen molar-refractivity contribution in [1.29, 1.82) is 0 Å². The van der Waals surface area contributed by atoms with Crippen LogP contribution in [0, 0.1) is 5.92 Å². The fourth-order valence-corrected chi connectivity index (χ4v) is 3.99. The van der Waals surface area contributed by atoms with E-state index in [2.05, 4.69) is 15.5 Å². The van der Waals surface area contributed by atoms with Gasteiger partial charge in [0.05, 0.1) is 5.92 Å². The van der Waals surface area contributed by atoms with Crippen molar-refractivity contribution in [3.63, 3.8) is 0 Å². The third-order valence-corrected chi connectivity index (χ3v) is 5.82. The number of rotatable bonds is 7. The van der Waals surface area contributed by atoms with Crippen LogP contribution in [-0.4, -0.2) is 32.8 Å². The van der Waals surface area contributed by atoms with Gasteiger partial charge in [0.2, 0.25) is 5.91 Å². The minimum Gasteiger partial charge on any atom is -0.355 e. The molecule has 1 aromatic carbocycles. The molecule has 0 spiro atoms. The fourth-order valence-electron chi connectivity index (χ4n) is 3.99. The van der Waals surface area contributed by atoms with E-state index in [9.17, 15) is 9.59 Å². The van der Waals surface area contributed by atoms with Gasteiger partial charge in [0.25, 0.3) is 0 Å². The van der Waals surface area contributed by atoms with Crippen LogP contribution < -0.4 is 5.32 Å². The molecule has 0 radical (unpaired) electrons. The normalized spacial score (nSPS) is 17.6. The number of benzene rings is 1. The maximum atomic E-state index is 12.5. The van der Waals surface area contributed by atoms with Crippen LogP contribution in [0.15, 0.2) is 48.7 Å². The zero-order valence-corrected chi connectivity index (χ0v) is 16.7. The van der Waals surface area contributed by atoms with E-state index in [-0.39, 0.29) is 17.7 Å². The zero-order valence-electron chi connectivity index (χ0n) is 16.7. The molecule has 150 valence electrons. The lowest BCUT2D eigenvalue weighted by atomic mass is 9.94. The molecule has 1 saturated carbocycles. The van der Waals surface area contributed by atoms with Gasteiger partial charge in [-0.15, -0.1) is 10.2 Å². The number of fused-ring (bicyclic) bond motifs is 1. The molecule has 6 heteroatoms. The van der Waals surface area contributed by atoms with Crippen LogP contribution in [0.3, 0.4) is 0 Å². The molecule has 2 aromatic heterocycles. The number of pyridine rings is 1. The van der Waals surface area contributed by atoms with Crippen molar-refractivity contribution in [2.45, 2.75) is 44.9 Å². The first-order valence-corrected chi connectivity index (χ1v) is 10.3. The predicted molar refractivity (Wildman–Crippen MR) is 111 cm³/mol. The molecule has 2 unspecified atom stereocenters. The number of carbonyl (C=O) groups excluding carboxylic acids is 2. The summed E-state index contributed by atoms with van der Waals surface area (Å²) in [5.74, 6) is 1.17. The predicted octanol–water partition coefficient (Wildman–Crippen LogP) is 3.10. The lowest BCUT2D eigenvalue weighted by Gasteiger charge is -2.14. The SMILES string of the molecule is CC(C(=O)NCCc1nnc2ccccn12)c1ccc(CC2CCCC2=O)cc1. The van der Waals surface area contributed by atoms with Gasteiger partial charge in [-0.05, 0) is 49.4 Å². The molecule has 6 nitrogen and oxygen atoms in total. The number of amides is 1. The smallest absolute Gasteiger partial charge is 0.227 e. The number of hydrogen-bond donors (Lipinski definition) is 1. The first kappa shape index (κ1) is 19.3. The van der Waals surface area contributed by atoms with E-state index < -0.39 is 0 Å². The van der Waals surface area contributed by atoms with Gasteiger partial charge in [0, 0.05) is 31.5 Å². The Morgan fingerprint density at radius 3 is 2.79 bits per heavy atom. The molecule has 1 fully saturated rings. The molecule has 1 aliphatic rings. The Kier molecular flexibility index (Phi) is 5.69. The van der Waals surface area contributed by atoms with E-state index in [1.165, 1.54) is 5.56 Å². The van der Waals surface area contributed by atoms with Gasteiger partial charge in [-0.1, -0.05) is 30.3 Å². The second-order valence-electron chi connectivity index (χ2n) is 7.81. The van der Waals surface area contributed by atoms with Crippen molar-refractivity contribution in [1.82, 2.24) is 19.9 Å². The average molecular weight is 390 g/mol. The Morgan fingerprint density at radius 1 is 1.21 bits per heavy atom. The van der Waals surface area contributed by atoms with Crippen LogP contribution in [0.2, 0.25) is 0 Å². The number of nitrogens with one attached hydrogen (secondary N) is 1. The van der Waals surface area contributed by atoms with Crippen molar-refractivity contribution >= 4 is 17.3 Å². The van der Waals surface area contributed by atoms with Gasteiger partial charge < -0.3 is 5.32 Å². The molecule has 2 heterocycles. The molecular formula is C23H26N4O2. The molecule has 0 aliphatic heterocycles. The minimum atomic E-state index is -0.229. The van der Waals surface area contributed by atoms with Crippen molar-refractivity contribution in [3.05, 3.63) is 65.6 Å². The second kappa shape index (κ2) is 8.55. The molecule has 1 N–H and O–H groups in total. The second-order valence-corrected chi connectivity index (χ2v) is 7.81. The molecule has 29 heavy (non-hydrogen) atoms. The largest absolute Gasteiger partial charge is 0.355 e. The summed E-state index contributed by atoms with van der Waals surface area (Å²) in [6, 6.07) is 13.9. The molecule has 1 amide bonds. The Morgan fingerprint density at radius 2 is 2.03 bits per heavy atom. The first-order valence-electron chi connectivity index (χ1n) is 10.3. The summed E-state index contributed by atoms with van der Waals surface area (Å²) in [5.41, 5.74) is 2.96. The number of ketones is 1. The highest BCUT2D eigenvalue weighted by atomic mass is 16.1. The summed E-state index contributed by atoms with van der Waals surface area (Å²) in [5, 5.41) is 11.3. The number of carbonyl (C=O) groups is 2. The summed E-state index contributed by atoms with van der Waals surface area (Å²) in [6.07, 6.45) is 6.11. The molecule has 1 aliphatic carbocycles. The van der Waals surface area contributed by atoms with Gasteiger partial charge in [-0.3, -0.25) is 14.0 Å². The summed E-state index contributed by atoms with van der Waals surface area (Å²) in [4.78, 5) is 24.4. The van der Waals surface area contributed by atoms with E-state index in [1.54, 1.807) is 0 Å². The van der Waals surface area contributed by atoms with Crippen LogP contribution in [0.1, 0.15) is 49.1 Å². The Labute approximate surface area is 170 Å². The quantitative estimate of drug-likeness (QED) is 0.673. The maximum absolute atomic E-state index is 12.5. The highest BCUT2D eigenvalue weighted by Gasteiger charge is 2.24. The third kappa shape index (κ3) is 4.36. The monoisotopic (exact) mass is 390 g/mol. The number of aromatic nitrogens is 3. The average Bonchev–Trinajstić information content (AvgIpc) is 3.34. The Bertz CT molecular complexity index is 1010. The van der Waals surface area contributed by atoms with Gasteiger partial charge in [0.15, 0.2) is 5.65 Å².